The van der Waals surface area contributed by atoms with Crippen molar-refractivity contribution >= 4 is 17.5 Å². The van der Waals surface area contributed by atoms with Gasteiger partial charge in [0.2, 0.25) is 0 Å². The minimum Gasteiger partial charge on any atom is -0.497 e. The van der Waals surface area contributed by atoms with Crippen LogP contribution < -0.4 is 4.74 Å². The number of rotatable bonds is 6. The smallest absolute Gasteiger partial charge is 0.172 e. The average Bonchev–Trinajstić information content (AvgIpc) is 2.29. The molecule has 0 N–H and O–H groups in total. The SMILES string of the molecule is CCCSCC(=O)c1ccc(OC)cc1. The van der Waals surface area contributed by atoms with Crippen LogP contribution >= 0.6 is 11.8 Å². The Morgan fingerprint density at radius 3 is 2.53 bits per heavy atom. The van der Waals surface area contributed by atoms with Gasteiger partial charge in [-0.05, 0) is 36.4 Å². The maximum atomic E-state index is 11.7. The van der Waals surface area contributed by atoms with E-state index in [4.69, 9.17) is 4.74 Å². The fourth-order valence-electron chi connectivity index (χ4n) is 1.17. The van der Waals surface area contributed by atoms with E-state index < -0.39 is 0 Å². The van der Waals surface area contributed by atoms with Crippen LogP contribution in [0.5, 0.6) is 5.75 Å². The van der Waals surface area contributed by atoms with Gasteiger partial charge in [0.05, 0.1) is 12.9 Å². The van der Waals surface area contributed by atoms with Gasteiger partial charge < -0.3 is 4.74 Å². The number of benzene rings is 1. The maximum Gasteiger partial charge on any atom is 0.172 e. The third-order valence-electron chi connectivity index (χ3n) is 1.99. The summed E-state index contributed by atoms with van der Waals surface area (Å²) in [6.07, 6.45) is 1.11. The summed E-state index contributed by atoms with van der Waals surface area (Å²) >= 11 is 1.69. The molecule has 0 fully saturated rings. The Morgan fingerprint density at radius 2 is 2.00 bits per heavy atom. The molecule has 0 amide bonds. The van der Waals surface area contributed by atoms with E-state index >= 15 is 0 Å². The molecule has 0 bridgehead atoms. The van der Waals surface area contributed by atoms with Gasteiger partial charge in [-0.1, -0.05) is 6.92 Å². The molecule has 1 rings (SSSR count). The van der Waals surface area contributed by atoms with E-state index in [1.807, 2.05) is 24.3 Å². The van der Waals surface area contributed by atoms with Gasteiger partial charge >= 0.3 is 0 Å². The molecule has 0 spiro atoms. The number of methoxy groups -OCH3 is 1. The molecule has 2 nitrogen and oxygen atoms in total. The van der Waals surface area contributed by atoms with Crippen LogP contribution in [0.1, 0.15) is 23.7 Å². The minimum atomic E-state index is 0.191. The van der Waals surface area contributed by atoms with E-state index in [-0.39, 0.29) is 5.78 Å². The van der Waals surface area contributed by atoms with Crippen molar-refractivity contribution in [1.29, 1.82) is 0 Å². The molecule has 0 aromatic heterocycles. The number of hydrogen-bond acceptors (Lipinski definition) is 3. The second-order valence-corrected chi connectivity index (χ2v) is 4.31. The lowest BCUT2D eigenvalue weighted by atomic mass is 10.1. The van der Waals surface area contributed by atoms with Gasteiger partial charge in [-0.15, -0.1) is 0 Å². The van der Waals surface area contributed by atoms with Gasteiger partial charge in [0.25, 0.3) is 0 Å². The van der Waals surface area contributed by atoms with Crippen LogP contribution in [0.4, 0.5) is 0 Å². The fraction of sp³-hybridized carbons (Fsp3) is 0.417. The zero-order chi connectivity index (χ0) is 11.1. The summed E-state index contributed by atoms with van der Waals surface area (Å²) in [4.78, 5) is 11.7. The van der Waals surface area contributed by atoms with Gasteiger partial charge in [0, 0.05) is 5.56 Å². The van der Waals surface area contributed by atoms with Gasteiger partial charge in [0.15, 0.2) is 5.78 Å². The summed E-state index contributed by atoms with van der Waals surface area (Å²) in [6, 6.07) is 7.26. The Balaban J connectivity index is 2.50. The first-order valence-electron chi connectivity index (χ1n) is 5.03. The highest BCUT2D eigenvalue weighted by Gasteiger charge is 2.05. The summed E-state index contributed by atoms with van der Waals surface area (Å²) < 4.78 is 5.03. The lowest BCUT2D eigenvalue weighted by Crippen LogP contribution is -2.02. The van der Waals surface area contributed by atoms with Crippen molar-refractivity contribution in [3.63, 3.8) is 0 Å². The molecule has 82 valence electrons. The van der Waals surface area contributed by atoms with Crippen LogP contribution in [0.2, 0.25) is 0 Å². The molecule has 1 aromatic carbocycles. The molecule has 1 aromatic rings. The number of thioether (sulfide) groups is 1. The van der Waals surface area contributed by atoms with Crippen LogP contribution in [0.25, 0.3) is 0 Å². The highest BCUT2D eigenvalue weighted by Crippen LogP contribution is 2.13. The standard InChI is InChI=1S/C12H16O2S/c1-3-8-15-9-12(13)10-4-6-11(14-2)7-5-10/h4-7H,3,8-9H2,1-2H3. The second kappa shape index (κ2) is 6.51. The normalized spacial score (nSPS) is 10.0. The molecule has 0 atom stereocenters. The van der Waals surface area contributed by atoms with Crippen molar-refractivity contribution in [3.05, 3.63) is 29.8 Å². The number of carbonyl (C=O) groups is 1. The molecular formula is C12H16O2S. The number of ketones is 1. The summed E-state index contributed by atoms with van der Waals surface area (Å²) in [7, 11) is 1.62. The van der Waals surface area contributed by atoms with E-state index in [2.05, 4.69) is 6.92 Å². The van der Waals surface area contributed by atoms with Gasteiger partial charge in [-0.25, -0.2) is 0 Å². The highest BCUT2D eigenvalue weighted by atomic mass is 32.2. The summed E-state index contributed by atoms with van der Waals surface area (Å²) in [6.45, 7) is 2.12. The molecule has 0 aliphatic rings. The maximum absolute atomic E-state index is 11.7. The van der Waals surface area contributed by atoms with Gasteiger partial charge in [-0.3, -0.25) is 4.79 Å². The Labute approximate surface area is 95.0 Å². The topological polar surface area (TPSA) is 26.3 Å². The first kappa shape index (κ1) is 12.1. The monoisotopic (exact) mass is 224 g/mol. The molecule has 0 radical (unpaired) electrons. The van der Waals surface area contributed by atoms with E-state index in [1.165, 1.54) is 0 Å². The van der Waals surface area contributed by atoms with Crippen molar-refractivity contribution in [2.24, 2.45) is 0 Å². The van der Waals surface area contributed by atoms with E-state index in [9.17, 15) is 4.79 Å². The predicted octanol–water partition coefficient (Wildman–Crippen LogP) is 3.02. The molecule has 3 heteroatoms. The van der Waals surface area contributed by atoms with Gasteiger partial charge in [-0.2, -0.15) is 11.8 Å². The van der Waals surface area contributed by atoms with E-state index in [0.29, 0.717) is 5.75 Å². The molecule has 0 aliphatic heterocycles. The molecule has 0 saturated heterocycles. The molecule has 0 saturated carbocycles. The number of ether oxygens (including phenoxy) is 1. The average molecular weight is 224 g/mol. The largest absolute Gasteiger partial charge is 0.497 e. The van der Waals surface area contributed by atoms with Crippen molar-refractivity contribution in [3.8, 4) is 5.75 Å². The van der Waals surface area contributed by atoms with E-state index in [0.717, 1.165) is 23.5 Å². The predicted molar refractivity (Wildman–Crippen MR) is 64.9 cm³/mol. The van der Waals surface area contributed by atoms with Gasteiger partial charge in [0.1, 0.15) is 5.75 Å². The highest BCUT2D eigenvalue weighted by molar-refractivity contribution is 7.99. The minimum absolute atomic E-state index is 0.191. The number of Topliss-reactive ketones (excluding diaryl/α,β-unsaturated/α-hetero) is 1. The van der Waals surface area contributed by atoms with Crippen LogP contribution in [0.15, 0.2) is 24.3 Å². The Bertz CT molecular complexity index is 306. The lowest BCUT2D eigenvalue weighted by Gasteiger charge is -2.02. The Hall–Kier alpha value is -0.960. The third kappa shape index (κ3) is 3.96. The number of hydrogen-bond donors (Lipinski definition) is 0. The van der Waals surface area contributed by atoms with Crippen molar-refractivity contribution in [2.75, 3.05) is 18.6 Å². The molecule has 0 aliphatic carbocycles. The first-order valence-corrected chi connectivity index (χ1v) is 6.18. The van der Waals surface area contributed by atoms with Crippen molar-refractivity contribution in [1.82, 2.24) is 0 Å². The zero-order valence-corrected chi connectivity index (χ0v) is 9.97. The van der Waals surface area contributed by atoms with Crippen LogP contribution in [0, 0.1) is 0 Å². The van der Waals surface area contributed by atoms with Crippen LogP contribution in [-0.4, -0.2) is 24.4 Å². The summed E-state index contributed by atoms with van der Waals surface area (Å²) in [5.41, 5.74) is 0.763. The van der Waals surface area contributed by atoms with Crippen molar-refractivity contribution < 1.29 is 9.53 Å². The molecule has 0 unspecified atom stereocenters. The first-order chi connectivity index (χ1) is 7.27. The zero-order valence-electron chi connectivity index (χ0n) is 9.16. The summed E-state index contributed by atoms with van der Waals surface area (Å²) in [5, 5.41) is 0. The quantitative estimate of drug-likeness (QED) is 0.549. The molecular weight excluding hydrogens is 208 g/mol. The van der Waals surface area contributed by atoms with Crippen LogP contribution in [0.3, 0.4) is 0 Å². The number of carbonyl (C=O) groups excluding carboxylic acids is 1. The Morgan fingerprint density at radius 1 is 1.33 bits per heavy atom. The molecule has 0 heterocycles. The molecule has 15 heavy (non-hydrogen) atoms. The fourth-order valence-corrected chi connectivity index (χ4v) is 1.95. The van der Waals surface area contributed by atoms with Crippen LogP contribution in [-0.2, 0) is 0 Å². The third-order valence-corrected chi connectivity index (χ3v) is 3.16. The van der Waals surface area contributed by atoms with E-state index in [1.54, 1.807) is 18.9 Å². The Kier molecular flexibility index (Phi) is 5.26. The lowest BCUT2D eigenvalue weighted by molar-refractivity contribution is 0.102. The summed E-state index contributed by atoms with van der Waals surface area (Å²) in [5.74, 6) is 2.59. The van der Waals surface area contributed by atoms with Crippen molar-refractivity contribution in [2.45, 2.75) is 13.3 Å². The second-order valence-electron chi connectivity index (χ2n) is 3.20.